The van der Waals surface area contributed by atoms with Gasteiger partial charge in [-0.2, -0.15) is 4.31 Å². The van der Waals surface area contributed by atoms with Gasteiger partial charge in [-0.05, 0) is 67.3 Å². The van der Waals surface area contributed by atoms with Crippen molar-refractivity contribution in [2.45, 2.75) is 30.6 Å². The summed E-state index contributed by atoms with van der Waals surface area (Å²) in [4.78, 5) is 24.1. The Kier molecular flexibility index (Phi) is 4.91. The molecule has 0 saturated carbocycles. The van der Waals surface area contributed by atoms with Crippen LogP contribution in [0.2, 0.25) is 0 Å². The molecule has 28 heavy (non-hydrogen) atoms. The number of hydrogen-bond acceptors (Lipinski definition) is 4. The fourth-order valence-corrected chi connectivity index (χ4v) is 5.04. The van der Waals surface area contributed by atoms with Gasteiger partial charge in [0, 0.05) is 36.4 Å². The molecule has 7 nitrogen and oxygen atoms in total. The molecule has 0 bridgehead atoms. The zero-order valence-corrected chi connectivity index (χ0v) is 16.1. The third kappa shape index (κ3) is 3.65. The van der Waals surface area contributed by atoms with Crippen LogP contribution in [0.4, 0.5) is 11.4 Å². The number of benzene rings is 2. The first kappa shape index (κ1) is 18.6. The SMILES string of the molecule is O=C1CCc2cc(NC(=O)c3ccc(S(=O)(=O)N4CCCC4)cc3)ccc2N1. The van der Waals surface area contributed by atoms with Crippen LogP contribution in [-0.4, -0.2) is 37.6 Å². The van der Waals surface area contributed by atoms with Gasteiger partial charge in [-0.15, -0.1) is 0 Å². The molecule has 4 rings (SSSR count). The van der Waals surface area contributed by atoms with E-state index in [4.69, 9.17) is 0 Å². The Bertz CT molecular complexity index is 1030. The highest BCUT2D eigenvalue weighted by Crippen LogP contribution is 2.26. The number of sulfonamides is 1. The molecule has 0 unspecified atom stereocenters. The number of hydrogen-bond donors (Lipinski definition) is 2. The van der Waals surface area contributed by atoms with Crippen LogP contribution in [0.15, 0.2) is 47.4 Å². The lowest BCUT2D eigenvalue weighted by Crippen LogP contribution is -2.27. The van der Waals surface area contributed by atoms with Crippen molar-refractivity contribution in [1.82, 2.24) is 4.31 Å². The molecule has 0 atom stereocenters. The average molecular weight is 399 g/mol. The molecule has 146 valence electrons. The standard InChI is InChI=1S/C20H21N3O4S/c24-19-10-5-15-13-16(6-9-18(15)22-19)21-20(25)14-3-7-17(8-4-14)28(26,27)23-11-1-2-12-23/h3-4,6-9,13H,1-2,5,10-12H2,(H,21,25)(H,22,24). The summed E-state index contributed by atoms with van der Waals surface area (Å²) in [6, 6.07) is 11.4. The topological polar surface area (TPSA) is 95.6 Å². The quantitative estimate of drug-likeness (QED) is 0.826. The lowest BCUT2D eigenvalue weighted by molar-refractivity contribution is -0.116. The Morgan fingerprint density at radius 1 is 1.00 bits per heavy atom. The van der Waals surface area contributed by atoms with Crippen LogP contribution < -0.4 is 10.6 Å². The van der Waals surface area contributed by atoms with E-state index in [1.54, 1.807) is 12.1 Å². The summed E-state index contributed by atoms with van der Waals surface area (Å²) in [5, 5.41) is 5.62. The summed E-state index contributed by atoms with van der Waals surface area (Å²) in [6.45, 7) is 1.09. The number of nitrogens with zero attached hydrogens (tertiary/aromatic N) is 1. The zero-order chi connectivity index (χ0) is 19.7. The number of nitrogens with one attached hydrogen (secondary N) is 2. The van der Waals surface area contributed by atoms with Gasteiger partial charge in [-0.1, -0.05) is 0 Å². The van der Waals surface area contributed by atoms with Crippen LogP contribution in [0, 0.1) is 0 Å². The second-order valence-corrected chi connectivity index (χ2v) is 8.95. The molecule has 2 heterocycles. The summed E-state index contributed by atoms with van der Waals surface area (Å²) >= 11 is 0. The first-order chi connectivity index (χ1) is 13.4. The third-order valence-electron chi connectivity index (χ3n) is 5.08. The van der Waals surface area contributed by atoms with Gasteiger partial charge >= 0.3 is 0 Å². The molecular weight excluding hydrogens is 378 g/mol. The van der Waals surface area contributed by atoms with E-state index < -0.39 is 10.0 Å². The highest BCUT2D eigenvalue weighted by molar-refractivity contribution is 7.89. The van der Waals surface area contributed by atoms with Crippen LogP contribution in [0.25, 0.3) is 0 Å². The maximum absolute atomic E-state index is 12.6. The van der Waals surface area contributed by atoms with Gasteiger partial charge in [0.15, 0.2) is 0 Å². The van der Waals surface area contributed by atoms with Gasteiger partial charge in [-0.3, -0.25) is 9.59 Å². The third-order valence-corrected chi connectivity index (χ3v) is 6.99. The van der Waals surface area contributed by atoms with E-state index in [9.17, 15) is 18.0 Å². The predicted molar refractivity (Wildman–Crippen MR) is 106 cm³/mol. The van der Waals surface area contributed by atoms with Crippen molar-refractivity contribution in [3.05, 3.63) is 53.6 Å². The molecule has 0 aromatic heterocycles. The molecule has 2 aromatic rings. The van der Waals surface area contributed by atoms with E-state index in [0.717, 1.165) is 24.1 Å². The maximum atomic E-state index is 12.6. The lowest BCUT2D eigenvalue weighted by Gasteiger charge is -2.18. The van der Waals surface area contributed by atoms with Crippen LogP contribution >= 0.6 is 0 Å². The molecule has 2 aromatic carbocycles. The number of fused-ring (bicyclic) bond motifs is 1. The number of aryl methyl sites for hydroxylation is 1. The summed E-state index contributed by atoms with van der Waals surface area (Å²) in [6.07, 6.45) is 2.82. The lowest BCUT2D eigenvalue weighted by atomic mass is 10.0. The second kappa shape index (κ2) is 7.37. The Morgan fingerprint density at radius 2 is 1.71 bits per heavy atom. The number of rotatable bonds is 4. The van der Waals surface area contributed by atoms with Crippen molar-refractivity contribution >= 4 is 33.2 Å². The molecule has 2 amide bonds. The summed E-state index contributed by atoms with van der Waals surface area (Å²) in [7, 11) is -3.49. The fraction of sp³-hybridized carbons (Fsp3) is 0.300. The monoisotopic (exact) mass is 399 g/mol. The van der Waals surface area contributed by atoms with Crippen LogP contribution in [0.1, 0.15) is 35.2 Å². The number of carbonyl (C=O) groups excluding carboxylic acids is 2. The molecule has 2 aliphatic rings. The Balaban J connectivity index is 1.47. The van der Waals surface area contributed by atoms with Gasteiger partial charge in [0.25, 0.3) is 5.91 Å². The first-order valence-electron chi connectivity index (χ1n) is 9.28. The fourth-order valence-electron chi connectivity index (χ4n) is 3.52. The summed E-state index contributed by atoms with van der Waals surface area (Å²) in [5.74, 6) is -0.321. The largest absolute Gasteiger partial charge is 0.326 e. The predicted octanol–water partition coefficient (Wildman–Crippen LogP) is 2.61. The number of carbonyl (C=O) groups is 2. The second-order valence-electron chi connectivity index (χ2n) is 7.01. The van der Waals surface area contributed by atoms with E-state index in [1.165, 1.54) is 28.6 Å². The first-order valence-corrected chi connectivity index (χ1v) is 10.7. The van der Waals surface area contributed by atoms with Crippen molar-refractivity contribution in [3.63, 3.8) is 0 Å². The number of amides is 2. The van der Waals surface area contributed by atoms with Gasteiger partial charge < -0.3 is 10.6 Å². The molecule has 2 N–H and O–H groups in total. The van der Waals surface area contributed by atoms with E-state index >= 15 is 0 Å². The molecule has 0 aliphatic carbocycles. The maximum Gasteiger partial charge on any atom is 0.255 e. The smallest absolute Gasteiger partial charge is 0.255 e. The van der Waals surface area contributed by atoms with Gasteiger partial charge in [0.05, 0.1) is 4.90 Å². The Morgan fingerprint density at radius 3 is 2.43 bits per heavy atom. The molecular formula is C20H21N3O4S. The molecule has 1 fully saturated rings. The summed E-state index contributed by atoms with van der Waals surface area (Å²) in [5.41, 5.74) is 2.76. The van der Waals surface area contributed by atoms with E-state index in [-0.39, 0.29) is 16.7 Å². The van der Waals surface area contributed by atoms with Crippen LogP contribution in [0.5, 0.6) is 0 Å². The zero-order valence-electron chi connectivity index (χ0n) is 15.3. The van der Waals surface area contributed by atoms with E-state index in [1.807, 2.05) is 6.07 Å². The molecule has 0 spiro atoms. The molecule has 1 saturated heterocycles. The normalized spacial score (nSPS) is 17.1. The summed E-state index contributed by atoms with van der Waals surface area (Å²) < 4.78 is 26.6. The number of anilines is 2. The highest BCUT2D eigenvalue weighted by Gasteiger charge is 2.27. The van der Waals surface area contributed by atoms with Gasteiger partial charge in [0.2, 0.25) is 15.9 Å². The van der Waals surface area contributed by atoms with Crippen molar-refractivity contribution in [2.24, 2.45) is 0 Å². The minimum Gasteiger partial charge on any atom is -0.326 e. The van der Waals surface area contributed by atoms with Crippen molar-refractivity contribution in [3.8, 4) is 0 Å². The van der Waals surface area contributed by atoms with Crippen LogP contribution in [-0.2, 0) is 21.2 Å². The van der Waals surface area contributed by atoms with Crippen molar-refractivity contribution < 1.29 is 18.0 Å². The minimum absolute atomic E-state index is 0.00624. The van der Waals surface area contributed by atoms with Crippen molar-refractivity contribution in [2.75, 3.05) is 23.7 Å². The Labute approximate surface area is 163 Å². The van der Waals surface area contributed by atoms with Gasteiger partial charge in [-0.25, -0.2) is 8.42 Å². The molecule has 0 radical (unpaired) electrons. The average Bonchev–Trinajstić information content (AvgIpc) is 3.24. The van der Waals surface area contributed by atoms with E-state index in [0.29, 0.717) is 37.2 Å². The van der Waals surface area contributed by atoms with E-state index in [2.05, 4.69) is 10.6 Å². The minimum atomic E-state index is -3.49. The highest BCUT2D eigenvalue weighted by atomic mass is 32.2. The van der Waals surface area contributed by atoms with Crippen molar-refractivity contribution in [1.29, 1.82) is 0 Å². The molecule has 2 aliphatic heterocycles. The van der Waals surface area contributed by atoms with Crippen LogP contribution in [0.3, 0.4) is 0 Å². The molecule has 8 heteroatoms. The Hall–Kier alpha value is -2.71. The van der Waals surface area contributed by atoms with Gasteiger partial charge in [0.1, 0.15) is 0 Å².